The summed E-state index contributed by atoms with van der Waals surface area (Å²) in [7, 11) is 1.62. The summed E-state index contributed by atoms with van der Waals surface area (Å²) in [5.74, 6) is 0.795. The van der Waals surface area contributed by atoms with E-state index in [4.69, 9.17) is 10.3 Å². The quantitative estimate of drug-likeness (QED) is 0.463. The lowest BCUT2D eigenvalue weighted by atomic mass is 10.1. The van der Waals surface area contributed by atoms with Gasteiger partial charge < -0.3 is 4.74 Å². The van der Waals surface area contributed by atoms with Gasteiger partial charge in [0.2, 0.25) is 0 Å². The molecule has 0 saturated heterocycles. The number of ether oxygens (including phenoxy) is 1. The standard InChI is InChI=1S/C9H10BrN3O/c1-14-8-4-2-3-7(9(8)10)5-6-12-13-11/h2-4H,5-6H2,1H3. The molecule has 1 rings (SSSR count). The Balaban J connectivity index is 2.81. The molecule has 1 aromatic carbocycles. The third-order valence-electron chi connectivity index (χ3n) is 1.81. The Bertz CT molecular complexity index is 361. The van der Waals surface area contributed by atoms with Crippen molar-refractivity contribution in [2.45, 2.75) is 6.42 Å². The van der Waals surface area contributed by atoms with Crippen molar-refractivity contribution in [3.8, 4) is 5.75 Å². The molecule has 0 aliphatic rings. The van der Waals surface area contributed by atoms with Crippen LogP contribution in [0.2, 0.25) is 0 Å². The highest BCUT2D eigenvalue weighted by molar-refractivity contribution is 9.10. The van der Waals surface area contributed by atoms with Crippen molar-refractivity contribution in [3.05, 3.63) is 38.7 Å². The number of hydrogen-bond donors (Lipinski definition) is 0. The summed E-state index contributed by atoms with van der Waals surface area (Å²) in [5, 5.41) is 3.48. The Morgan fingerprint density at radius 2 is 2.36 bits per heavy atom. The van der Waals surface area contributed by atoms with Crippen LogP contribution in [0.3, 0.4) is 0 Å². The molecule has 0 amide bonds. The third-order valence-corrected chi connectivity index (χ3v) is 2.71. The van der Waals surface area contributed by atoms with Crippen LogP contribution in [-0.4, -0.2) is 13.7 Å². The molecule has 0 fully saturated rings. The minimum atomic E-state index is 0.461. The zero-order chi connectivity index (χ0) is 10.4. The highest BCUT2D eigenvalue weighted by atomic mass is 79.9. The van der Waals surface area contributed by atoms with Gasteiger partial charge in [0.15, 0.2) is 0 Å². The van der Waals surface area contributed by atoms with E-state index in [2.05, 4.69) is 26.0 Å². The number of rotatable bonds is 4. The van der Waals surface area contributed by atoms with Crippen LogP contribution in [-0.2, 0) is 6.42 Å². The second kappa shape index (κ2) is 5.52. The monoisotopic (exact) mass is 255 g/mol. The highest BCUT2D eigenvalue weighted by Crippen LogP contribution is 2.28. The molecule has 0 aliphatic carbocycles. The average Bonchev–Trinajstić information content (AvgIpc) is 2.21. The maximum atomic E-state index is 8.14. The zero-order valence-corrected chi connectivity index (χ0v) is 9.36. The van der Waals surface area contributed by atoms with Gasteiger partial charge in [0, 0.05) is 11.5 Å². The fourth-order valence-electron chi connectivity index (χ4n) is 1.12. The maximum absolute atomic E-state index is 8.14. The van der Waals surface area contributed by atoms with Gasteiger partial charge in [-0.05, 0) is 39.5 Å². The van der Waals surface area contributed by atoms with Crippen molar-refractivity contribution in [2.24, 2.45) is 5.11 Å². The molecule has 0 atom stereocenters. The normalized spacial score (nSPS) is 9.29. The maximum Gasteiger partial charge on any atom is 0.133 e. The Labute approximate surface area is 90.6 Å². The predicted molar refractivity (Wildman–Crippen MR) is 58.4 cm³/mol. The van der Waals surface area contributed by atoms with Crippen molar-refractivity contribution < 1.29 is 4.74 Å². The zero-order valence-electron chi connectivity index (χ0n) is 7.77. The van der Waals surface area contributed by atoms with Crippen LogP contribution in [0.4, 0.5) is 0 Å². The van der Waals surface area contributed by atoms with Gasteiger partial charge in [0.1, 0.15) is 5.75 Å². The summed E-state index contributed by atoms with van der Waals surface area (Å²) >= 11 is 3.43. The molecule has 0 radical (unpaired) electrons. The first-order valence-electron chi connectivity index (χ1n) is 4.12. The van der Waals surface area contributed by atoms with E-state index < -0.39 is 0 Å². The van der Waals surface area contributed by atoms with Crippen molar-refractivity contribution in [1.29, 1.82) is 0 Å². The van der Waals surface area contributed by atoms with E-state index in [1.807, 2.05) is 18.2 Å². The van der Waals surface area contributed by atoms with Crippen molar-refractivity contribution in [2.75, 3.05) is 13.7 Å². The van der Waals surface area contributed by atoms with Gasteiger partial charge in [-0.25, -0.2) is 0 Å². The molecule has 0 heterocycles. The molecule has 14 heavy (non-hydrogen) atoms. The summed E-state index contributed by atoms with van der Waals surface area (Å²) in [6.45, 7) is 0.461. The van der Waals surface area contributed by atoms with E-state index in [-0.39, 0.29) is 0 Å². The molecule has 0 N–H and O–H groups in total. The largest absolute Gasteiger partial charge is 0.496 e. The van der Waals surface area contributed by atoms with Crippen LogP contribution in [0.25, 0.3) is 10.4 Å². The number of hydrogen-bond acceptors (Lipinski definition) is 2. The summed E-state index contributed by atoms with van der Waals surface area (Å²) in [6, 6.07) is 5.76. The minimum Gasteiger partial charge on any atom is -0.496 e. The number of halogens is 1. The van der Waals surface area contributed by atoms with Crippen LogP contribution >= 0.6 is 15.9 Å². The summed E-state index contributed by atoms with van der Waals surface area (Å²) in [4.78, 5) is 2.70. The molecule has 0 unspecified atom stereocenters. The van der Waals surface area contributed by atoms with Crippen LogP contribution in [0.15, 0.2) is 27.8 Å². The van der Waals surface area contributed by atoms with Gasteiger partial charge in [0.25, 0.3) is 0 Å². The number of benzene rings is 1. The van der Waals surface area contributed by atoms with Gasteiger partial charge in [-0.3, -0.25) is 0 Å². The molecule has 0 spiro atoms. The van der Waals surface area contributed by atoms with Gasteiger partial charge in [-0.1, -0.05) is 17.2 Å². The Kier molecular flexibility index (Phi) is 4.29. The molecule has 0 saturated carbocycles. The Morgan fingerprint density at radius 1 is 1.57 bits per heavy atom. The van der Waals surface area contributed by atoms with Crippen molar-refractivity contribution in [1.82, 2.24) is 0 Å². The molecule has 1 aromatic rings. The van der Waals surface area contributed by atoms with Crippen molar-refractivity contribution in [3.63, 3.8) is 0 Å². The minimum absolute atomic E-state index is 0.461. The van der Waals surface area contributed by atoms with E-state index in [1.165, 1.54) is 0 Å². The predicted octanol–water partition coefficient (Wildman–Crippen LogP) is 3.31. The second-order valence-corrected chi connectivity index (χ2v) is 3.43. The lowest BCUT2D eigenvalue weighted by Crippen LogP contribution is -1.93. The topological polar surface area (TPSA) is 58.0 Å². The molecule has 0 bridgehead atoms. The highest BCUT2D eigenvalue weighted by Gasteiger charge is 2.04. The average molecular weight is 256 g/mol. The molecular weight excluding hydrogens is 246 g/mol. The molecule has 0 aromatic heterocycles. The van der Waals surface area contributed by atoms with E-state index in [9.17, 15) is 0 Å². The smallest absolute Gasteiger partial charge is 0.133 e. The first-order valence-corrected chi connectivity index (χ1v) is 4.91. The van der Waals surface area contributed by atoms with Gasteiger partial charge in [-0.15, -0.1) is 0 Å². The molecular formula is C9H10BrN3O. The van der Waals surface area contributed by atoms with Crippen LogP contribution in [0.5, 0.6) is 5.75 Å². The first kappa shape index (κ1) is 10.9. The van der Waals surface area contributed by atoms with E-state index in [0.29, 0.717) is 13.0 Å². The molecule has 4 nitrogen and oxygen atoms in total. The van der Waals surface area contributed by atoms with E-state index in [0.717, 1.165) is 15.8 Å². The fourth-order valence-corrected chi connectivity index (χ4v) is 1.75. The number of methoxy groups -OCH3 is 1. The SMILES string of the molecule is COc1cccc(CCN=[N+]=[N-])c1Br. The van der Waals surface area contributed by atoms with Crippen LogP contribution in [0.1, 0.15) is 5.56 Å². The lowest BCUT2D eigenvalue weighted by molar-refractivity contribution is 0.411. The Hall–Kier alpha value is -1.19. The van der Waals surface area contributed by atoms with Crippen LogP contribution in [0, 0.1) is 0 Å². The van der Waals surface area contributed by atoms with Crippen molar-refractivity contribution >= 4 is 15.9 Å². The number of nitrogens with zero attached hydrogens (tertiary/aromatic N) is 3. The summed E-state index contributed by atoms with van der Waals surface area (Å²) in [6.07, 6.45) is 0.710. The van der Waals surface area contributed by atoms with E-state index >= 15 is 0 Å². The molecule has 0 aliphatic heterocycles. The van der Waals surface area contributed by atoms with Gasteiger partial charge >= 0.3 is 0 Å². The van der Waals surface area contributed by atoms with E-state index in [1.54, 1.807) is 7.11 Å². The molecule has 74 valence electrons. The third kappa shape index (κ3) is 2.65. The second-order valence-electron chi connectivity index (χ2n) is 2.64. The molecule has 5 heteroatoms. The van der Waals surface area contributed by atoms with Gasteiger partial charge in [-0.2, -0.15) is 0 Å². The first-order chi connectivity index (χ1) is 6.79. The summed E-state index contributed by atoms with van der Waals surface area (Å²) < 4.78 is 6.07. The fraction of sp³-hybridized carbons (Fsp3) is 0.333. The summed E-state index contributed by atoms with van der Waals surface area (Å²) in [5.41, 5.74) is 9.22. The Morgan fingerprint density at radius 3 is 3.00 bits per heavy atom. The number of azide groups is 1. The lowest BCUT2D eigenvalue weighted by Gasteiger charge is -2.07. The van der Waals surface area contributed by atoms with Gasteiger partial charge in [0.05, 0.1) is 11.6 Å². The van der Waals surface area contributed by atoms with Crippen LogP contribution < -0.4 is 4.74 Å².